The van der Waals surface area contributed by atoms with Crippen molar-refractivity contribution in [3.8, 4) is 0 Å². The van der Waals surface area contributed by atoms with E-state index in [0.29, 0.717) is 0 Å². The number of hydrogen-bond donors (Lipinski definition) is 2. The van der Waals surface area contributed by atoms with Gasteiger partial charge >= 0.3 is 5.97 Å². The Hall–Kier alpha value is -0.830. The van der Waals surface area contributed by atoms with Gasteiger partial charge in [-0.3, -0.25) is 4.79 Å². The van der Waals surface area contributed by atoms with Crippen molar-refractivity contribution in [3.63, 3.8) is 0 Å². The second-order valence-electron chi connectivity index (χ2n) is 2.00. The molecule has 1 atom stereocenters. The third kappa shape index (κ3) is 5.31. The van der Waals surface area contributed by atoms with E-state index in [4.69, 9.17) is 10.2 Å². The molecule has 0 aliphatic carbocycles. The fourth-order valence-electron chi connectivity index (χ4n) is 0.540. The lowest BCUT2D eigenvalue weighted by Gasteiger charge is -1.98. The van der Waals surface area contributed by atoms with E-state index in [1.165, 1.54) is 6.08 Å². The molecule has 0 rings (SSSR count). The summed E-state index contributed by atoms with van der Waals surface area (Å²) < 4.78 is 0. The summed E-state index contributed by atoms with van der Waals surface area (Å²) in [6.07, 6.45) is 3.01. The zero-order chi connectivity index (χ0) is 7.98. The fourth-order valence-corrected chi connectivity index (χ4v) is 0.540. The van der Waals surface area contributed by atoms with Crippen LogP contribution in [-0.2, 0) is 4.79 Å². The van der Waals surface area contributed by atoms with Gasteiger partial charge in [0, 0.05) is 0 Å². The molecule has 0 aromatic rings. The molecule has 0 fully saturated rings. The van der Waals surface area contributed by atoms with Crippen LogP contribution in [0.15, 0.2) is 12.2 Å². The quantitative estimate of drug-likeness (QED) is 0.573. The number of aliphatic hydroxyl groups is 1. The topological polar surface area (TPSA) is 57.5 Å². The van der Waals surface area contributed by atoms with Crippen molar-refractivity contribution in [1.82, 2.24) is 0 Å². The molecule has 0 aromatic heterocycles. The van der Waals surface area contributed by atoms with Crippen molar-refractivity contribution >= 4 is 5.97 Å². The Balaban J connectivity index is 3.52. The molecule has 1 unspecified atom stereocenters. The van der Waals surface area contributed by atoms with Crippen molar-refractivity contribution in [2.45, 2.75) is 25.9 Å². The molecule has 3 nitrogen and oxygen atoms in total. The Morgan fingerprint density at radius 1 is 1.70 bits per heavy atom. The van der Waals surface area contributed by atoms with Crippen LogP contribution in [0.4, 0.5) is 0 Å². The van der Waals surface area contributed by atoms with Gasteiger partial charge in [0.1, 0.15) is 0 Å². The van der Waals surface area contributed by atoms with Gasteiger partial charge in [0.15, 0.2) is 0 Å². The average molecular weight is 144 g/mol. The zero-order valence-electron chi connectivity index (χ0n) is 5.95. The number of aliphatic hydroxyl groups excluding tert-OH is 1. The third-order valence-corrected chi connectivity index (χ3v) is 0.978. The summed E-state index contributed by atoms with van der Waals surface area (Å²) in [5.41, 5.74) is 0. The maximum absolute atomic E-state index is 9.98. The molecular weight excluding hydrogens is 132 g/mol. The Labute approximate surface area is 60.0 Å². The van der Waals surface area contributed by atoms with Crippen molar-refractivity contribution in [2.24, 2.45) is 0 Å². The summed E-state index contributed by atoms with van der Waals surface area (Å²) in [5, 5.41) is 17.1. The molecule has 0 bridgehead atoms. The smallest absolute Gasteiger partial charge is 0.306 e. The molecule has 3 heteroatoms. The first-order valence-corrected chi connectivity index (χ1v) is 3.23. The Kier molecular flexibility index (Phi) is 4.58. The minimum atomic E-state index is -0.978. The molecule has 10 heavy (non-hydrogen) atoms. The molecule has 0 saturated heterocycles. The highest BCUT2D eigenvalue weighted by atomic mass is 16.4. The Bertz CT molecular complexity index is 129. The molecule has 2 N–H and O–H groups in total. The van der Waals surface area contributed by atoms with Gasteiger partial charge in [0.25, 0.3) is 0 Å². The lowest BCUT2D eigenvalue weighted by Crippen LogP contribution is -2.09. The van der Waals surface area contributed by atoms with E-state index in [2.05, 4.69) is 0 Å². The monoisotopic (exact) mass is 144 g/mol. The maximum atomic E-state index is 9.98. The van der Waals surface area contributed by atoms with Gasteiger partial charge in [-0.05, 0) is 6.42 Å². The standard InChI is InChI=1S/C7H12O3/c1-2-3-4-6(8)5-7(9)10/h3-4,6,8H,2,5H2,1H3,(H,9,10)/b4-3+. The minimum Gasteiger partial charge on any atom is -0.481 e. The summed E-state index contributed by atoms with van der Waals surface area (Å²) in [7, 11) is 0. The number of carboxylic acids is 1. The second kappa shape index (κ2) is 4.99. The van der Waals surface area contributed by atoms with Gasteiger partial charge in [-0.2, -0.15) is 0 Å². The lowest BCUT2D eigenvalue weighted by atomic mass is 10.2. The van der Waals surface area contributed by atoms with Crippen molar-refractivity contribution in [3.05, 3.63) is 12.2 Å². The van der Waals surface area contributed by atoms with E-state index in [-0.39, 0.29) is 6.42 Å². The van der Waals surface area contributed by atoms with Crippen molar-refractivity contribution in [1.29, 1.82) is 0 Å². The van der Waals surface area contributed by atoms with Crippen LogP contribution >= 0.6 is 0 Å². The average Bonchev–Trinajstić information content (AvgIpc) is 1.82. The number of carboxylic acid groups (broad SMARTS) is 1. The van der Waals surface area contributed by atoms with E-state index in [1.54, 1.807) is 6.08 Å². The summed E-state index contributed by atoms with van der Waals surface area (Å²) in [6, 6.07) is 0. The fraction of sp³-hybridized carbons (Fsp3) is 0.571. The number of rotatable bonds is 4. The highest BCUT2D eigenvalue weighted by Gasteiger charge is 2.03. The van der Waals surface area contributed by atoms with Crippen LogP contribution in [-0.4, -0.2) is 22.3 Å². The van der Waals surface area contributed by atoms with Crippen LogP contribution in [0.3, 0.4) is 0 Å². The van der Waals surface area contributed by atoms with Crippen LogP contribution in [0.1, 0.15) is 19.8 Å². The molecule has 0 aliphatic rings. The molecule has 0 aromatic carbocycles. The van der Waals surface area contributed by atoms with E-state index in [1.807, 2.05) is 6.92 Å². The minimum absolute atomic E-state index is 0.212. The van der Waals surface area contributed by atoms with E-state index in [0.717, 1.165) is 6.42 Å². The van der Waals surface area contributed by atoms with Crippen LogP contribution in [0.25, 0.3) is 0 Å². The largest absolute Gasteiger partial charge is 0.481 e. The number of hydrogen-bond acceptors (Lipinski definition) is 2. The number of aliphatic carboxylic acids is 1. The van der Waals surface area contributed by atoms with E-state index in [9.17, 15) is 4.79 Å². The Morgan fingerprint density at radius 2 is 2.30 bits per heavy atom. The van der Waals surface area contributed by atoms with Crippen LogP contribution in [0, 0.1) is 0 Å². The van der Waals surface area contributed by atoms with Crippen LogP contribution in [0.2, 0.25) is 0 Å². The van der Waals surface area contributed by atoms with Gasteiger partial charge in [0.2, 0.25) is 0 Å². The number of carbonyl (C=O) groups is 1. The summed E-state index contributed by atoms with van der Waals surface area (Å²) in [5.74, 6) is -0.978. The Morgan fingerprint density at radius 3 is 2.70 bits per heavy atom. The number of allylic oxidation sites excluding steroid dienone is 1. The zero-order valence-corrected chi connectivity index (χ0v) is 5.95. The third-order valence-electron chi connectivity index (χ3n) is 0.978. The van der Waals surface area contributed by atoms with Crippen LogP contribution in [0.5, 0.6) is 0 Å². The van der Waals surface area contributed by atoms with Gasteiger partial charge in [-0.25, -0.2) is 0 Å². The van der Waals surface area contributed by atoms with E-state index < -0.39 is 12.1 Å². The highest BCUT2D eigenvalue weighted by Crippen LogP contribution is 1.94. The van der Waals surface area contributed by atoms with Gasteiger partial charge in [-0.15, -0.1) is 0 Å². The SMILES string of the molecule is CC/C=C/C(O)CC(=O)O. The molecule has 0 amide bonds. The highest BCUT2D eigenvalue weighted by molar-refractivity contribution is 5.67. The first-order chi connectivity index (χ1) is 4.66. The molecule has 0 aliphatic heterocycles. The van der Waals surface area contributed by atoms with Gasteiger partial charge < -0.3 is 10.2 Å². The first-order valence-electron chi connectivity index (χ1n) is 3.23. The maximum Gasteiger partial charge on any atom is 0.306 e. The molecule has 58 valence electrons. The van der Waals surface area contributed by atoms with Crippen molar-refractivity contribution < 1.29 is 15.0 Å². The predicted octanol–water partition coefficient (Wildman–Crippen LogP) is 0.788. The normalized spacial score (nSPS) is 13.8. The summed E-state index contributed by atoms with van der Waals surface area (Å²) in [6.45, 7) is 1.92. The van der Waals surface area contributed by atoms with Gasteiger partial charge in [0.05, 0.1) is 12.5 Å². The molecule has 0 saturated carbocycles. The van der Waals surface area contributed by atoms with Gasteiger partial charge in [-0.1, -0.05) is 19.1 Å². The molecule has 0 spiro atoms. The summed E-state index contributed by atoms with van der Waals surface area (Å²) in [4.78, 5) is 9.98. The summed E-state index contributed by atoms with van der Waals surface area (Å²) >= 11 is 0. The first kappa shape index (κ1) is 9.17. The molecule has 0 heterocycles. The van der Waals surface area contributed by atoms with Crippen molar-refractivity contribution in [2.75, 3.05) is 0 Å². The predicted molar refractivity (Wildman–Crippen MR) is 37.7 cm³/mol. The second-order valence-corrected chi connectivity index (χ2v) is 2.00. The van der Waals surface area contributed by atoms with E-state index >= 15 is 0 Å². The lowest BCUT2D eigenvalue weighted by molar-refractivity contribution is -0.138. The molecule has 0 radical (unpaired) electrons. The van der Waals surface area contributed by atoms with Crippen LogP contribution < -0.4 is 0 Å². The molecular formula is C7H12O3.